The Labute approximate surface area is 132 Å². The van der Waals surface area contributed by atoms with Gasteiger partial charge < -0.3 is 9.64 Å². The molecule has 0 aromatic heterocycles. The highest BCUT2D eigenvalue weighted by Gasteiger charge is 2.05. The van der Waals surface area contributed by atoms with Crippen molar-refractivity contribution in [1.82, 2.24) is 4.90 Å². The van der Waals surface area contributed by atoms with Gasteiger partial charge in [0.05, 0.1) is 18.5 Å². The smallest absolute Gasteiger partial charge is 0.123 e. The summed E-state index contributed by atoms with van der Waals surface area (Å²) in [5.41, 5.74) is 6.20. The van der Waals surface area contributed by atoms with Crippen molar-refractivity contribution in [3.63, 3.8) is 0 Å². The van der Waals surface area contributed by atoms with Crippen molar-refractivity contribution >= 4 is 11.9 Å². The second kappa shape index (κ2) is 8.20. The largest absolute Gasteiger partial charge is 0.494 e. The van der Waals surface area contributed by atoms with Crippen LogP contribution < -0.4 is 10.2 Å². The molecule has 0 aliphatic rings. The van der Waals surface area contributed by atoms with Gasteiger partial charge in [-0.3, -0.25) is 5.43 Å². The van der Waals surface area contributed by atoms with Crippen LogP contribution in [0, 0.1) is 0 Å². The van der Waals surface area contributed by atoms with Gasteiger partial charge in [0, 0.05) is 12.1 Å². The maximum atomic E-state index is 5.68. The standard InChI is InChI=1S/C18H23N3O/c1-4-22-18-11-10-15(12-16(18)14-21(2)3)13-19-20-17-8-6-5-7-9-17/h5-13,20H,4,14H2,1-3H3. The first-order chi connectivity index (χ1) is 10.7. The van der Waals surface area contributed by atoms with E-state index < -0.39 is 0 Å². The zero-order valence-corrected chi connectivity index (χ0v) is 13.4. The highest BCUT2D eigenvalue weighted by Crippen LogP contribution is 2.21. The minimum absolute atomic E-state index is 0.670. The first-order valence-electron chi connectivity index (χ1n) is 7.43. The molecule has 0 aliphatic heterocycles. The van der Waals surface area contributed by atoms with Crippen molar-refractivity contribution in [3.05, 3.63) is 59.7 Å². The lowest BCUT2D eigenvalue weighted by molar-refractivity contribution is 0.325. The molecule has 22 heavy (non-hydrogen) atoms. The van der Waals surface area contributed by atoms with Gasteiger partial charge in [0.2, 0.25) is 0 Å². The Kier molecular flexibility index (Phi) is 5.98. The molecule has 0 atom stereocenters. The molecule has 0 amide bonds. The summed E-state index contributed by atoms with van der Waals surface area (Å²) in [5, 5.41) is 4.28. The number of nitrogens with zero attached hydrogens (tertiary/aromatic N) is 2. The van der Waals surface area contributed by atoms with Crippen LogP contribution in [-0.2, 0) is 6.54 Å². The number of anilines is 1. The monoisotopic (exact) mass is 297 g/mol. The van der Waals surface area contributed by atoms with Crippen LogP contribution in [0.1, 0.15) is 18.1 Å². The number of hydrazone groups is 1. The number of para-hydroxylation sites is 1. The fourth-order valence-electron chi connectivity index (χ4n) is 2.13. The number of benzene rings is 2. The van der Waals surface area contributed by atoms with Crippen molar-refractivity contribution in [2.45, 2.75) is 13.5 Å². The number of hydrogen-bond acceptors (Lipinski definition) is 4. The summed E-state index contributed by atoms with van der Waals surface area (Å²) in [6, 6.07) is 16.0. The Balaban J connectivity index is 2.10. The van der Waals surface area contributed by atoms with E-state index in [4.69, 9.17) is 4.74 Å². The fraction of sp³-hybridized carbons (Fsp3) is 0.278. The SMILES string of the molecule is CCOc1ccc(C=NNc2ccccc2)cc1CN(C)C. The number of rotatable bonds is 7. The molecule has 0 aliphatic carbocycles. The zero-order valence-electron chi connectivity index (χ0n) is 13.4. The van der Waals surface area contributed by atoms with Crippen molar-refractivity contribution in [3.8, 4) is 5.75 Å². The third-order valence-corrected chi connectivity index (χ3v) is 3.05. The third-order valence-electron chi connectivity index (χ3n) is 3.05. The topological polar surface area (TPSA) is 36.9 Å². The van der Waals surface area contributed by atoms with Crippen LogP contribution in [0.2, 0.25) is 0 Å². The Bertz CT molecular complexity index is 609. The first-order valence-corrected chi connectivity index (χ1v) is 7.43. The maximum Gasteiger partial charge on any atom is 0.123 e. The minimum atomic E-state index is 0.670. The van der Waals surface area contributed by atoms with Crippen molar-refractivity contribution in [2.24, 2.45) is 5.10 Å². The molecular formula is C18H23N3O. The van der Waals surface area contributed by atoms with E-state index in [9.17, 15) is 0 Å². The molecule has 0 heterocycles. The second-order valence-electron chi connectivity index (χ2n) is 5.27. The zero-order chi connectivity index (χ0) is 15.8. The number of hydrogen-bond donors (Lipinski definition) is 1. The molecule has 0 saturated heterocycles. The van der Waals surface area contributed by atoms with Gasteiger partial charge in [0.1, 0.15) is 5.75 Å². The Morgan fingerprint density at radius 2 is 1.91 bits per heavy atom. The molecule has 0 bridgehead atoms. The molecule has 0 saturated carbocycles. The van der Waals surface area contributed by atoms with Gasteiger partial charge in [-0.1, -0.05) is 18.2 Å². The first kappa shape index (κ1) is 16.0. The summed E-state index contributed by atoms with van der Waals surface area (Å²) in [6.45, 7) is 3.51. The molecule has 0 radical (unpaired) electrons. The molecule has 0 fully saturated rings. The van der Waals surface area contributed by atoms with E-state index in [1.54, 1.807) is 0 Å². The van der Waals surface area contributed by atoms with Gasteiger partial charge in [-0.2, -0.15) is 5.10 Å². The summed E-state index contributed by atoms with van der Waals surface area (Å²) in [5.74, 6) is 0.935. The average molecular weight is 297 g/mol. The highest BCUT2D eigenvalue weighted by molar-refractivity contribution is 5.81. The molecule has 116 valence electrons. The van der Waals surface area contributed by atoms with Crippen molar-refractivity contribution < 1.29 is 4.74 Å². The van der Waals surface area contributed by atoms with Crippen LogP contribution >= 0.6 is 0 Å². The lowest BCUT2D eigenvalue weighted by Crippen LogP contribution is -2.12. The fourth-order valence-corrected chi connectivity index (χ4v) is 2.13. The van der Waals surface area contributed by atoms with E-state index >= 15 is 0 Å². The molecule has 0 spiro atoms. The summed E-state index contributed by atoms with van der Waals surface area (Å²) in [7, 11) is 4.10. The third kappa shape index (κ3) is 4.90. The highest BCUT2D eigenvalue weighted by atomic mass is 16.5. The van der Waals surface area contributed by atoms with Gasteiger partial charge in [-0.05, 0) is 56.9 Å². The van der Waals surface area contributed by atoms with E-state index in [0.717, 1.165) is 29.1 Å². The van der Waals surface area contributed by atoms with Crippen LogP contribution in [0.5, 0.6) is 5.75 Å². The minimum Gasteiger partial charge on any atom is -0.494 e. The van der Waals surface area contributed by atoms with Gasteiger partial charge in [0.25, 0.3) is 0 Å². The Morgan fingerprint density at radius 3 is 2.59 bits per heavy atom. The normalized spacial score (nSPS) is 11.1. The van der Waals surface area contributed by atoms with Crippen LogP contribution in [0.3, 0.4) is 0 Å². The molecule has 4 heteroatoms. The van der Waals surface area contributed by atoms with E-state index in [1.807, 2.05) is 69.7 Å². The van der Waals surface area contributed by atoms with Crippen LogP contribution in [-0.4, -0.2) is 31.8 Å². The predicted octanol–water partition coefficient (Wildman–Crippen LogP) is 3.59. The van der Waals surface area contributed by atoms with Crippen molar-refractivity contribution in [1.29, 1.82) is 0 Å². The Hall–Kier alpha value is -2.33. The molecule has 0 unspecified atom stereocenters. The molecule has 2 aromatic carbocycles. The lowest BCUT2D eigenvalue weighted by Gasteiger charge is -2.15. The summed E-state index contributed by atoms with van der Waals surface area (Å²) in [4.78, 5) is 2.13. The maximum absolute atomic E-state index is 5.68. The van der Waals surface area contributed by atoms with Crippen LogP contribution in [0.15, 0.2) is 53.6 Å². The van der Waals surface area contributed by atoms with Crippen LogP contribution in [0.25, 0.3) is 0 Å². The van der Waals surface area contributed by atoms with E-state index in [1.165, 1.54) is 0 Å². The predicted molar refractivity (Wildman–Crippen MR) is 92.7 cm³/mol. The molecule has 2 aromatic rings. The molecular weight excluding hydrogens is 274 g/mol. The average Bonchev–Trinajstić information content (AvgIpc) is 2.50. The van der Waals surface area contributed by atoms with Gasteiger partial charge in [-0.15, -0.1) is 0 Å². The van der Waals surface area contributed by atoms with Gasteiger partial charge in [-0.25, -0.2) is 0 Å². The second-order valence-corrected chi connectivity index (χ2v) is 5.27. The molecule has 2 rings (SSSR count). The lowest BCUT2D eigenvalue weighted by atomic mass is 10.1. The summed E-state index contributed by atoms with van der Waals surface area (Å²) >= 11 is 0. The van der Waals surface area contributed by atoms with Gasteiger partial charge >= 0.3 is 0 Å². The number of ether oxygens (including phenoxy) is 1. The molecule has 4 nitrogen and oxygen atoms in total. The summed E-state index contributed by atoms with van der Waals surface area (Å²) < 4.78 is 5.68. The van der Waals surface area contributed by atoms with E-state index in [-0.39, 0.29) is 0 Å². The summed E-state index contributed by atoms with van der Waals surface area (Å²) in [6.07, 6.45) is 1.82. The number of nitrogens with one attached hydrogen (secondary N) is 1. The van der Waals surface area contributed by atoms with E-state index in [0.29, 0.717) is 6.61 Å². The van der Waals surface area contributed by atoms with E-state index in [2.05, 4.69) is 21.5 Å². The Morgan fingerprint density at radius 1 is 1.14 bits per heavy atom. The molecule has 1 N–H and O–H groups in total. The quantitative estimate of drug-likeness (QED) is 0.627. The van der Waals surface area contributed by atoms with Gasteiger partial charge in [0.15, 0.2) is 0 Å². The van der Waals surface area contributed by atoms with Crippen molar-refractivity contribution in [2.75, 3.05) is 26.1 Å². The van der Waals surface area contributed by atoms with Crippen LogP contribution in [0.4, 0.5) is 5.69 Å².